The zero-order valence-corrected chi connectivity index (χ0v) is 17.2. The van der Waals surface area contributed by atoms with E-state index in [1.165, 1.54) is 17.5 Å². The molecule has 0 atom stereocenters. The van der Waals surface area contributed by atoms with Crippen LogP contribution in [0.4, 0.5) is 0 Å². The molecule has 0 aromatic heterocycles. The van der Waals surface area contributed by atoms with Crippen molar-refractivity contribution in [2.45, 2.75) is 59.8 Å². The van der Waals surface area contributed by atoms with E-state index in [-0.39, 0.29) is 30.1 Å². The molecule has 0 aliphatic heterocycles. The maximum absolute atomic E-state index is 5.65. The number of guanidine groups is 1. The Kier molecular flexibility index (Phi) is 13.1. The lowest BCUT2D eigenvalue weighted by atomic mass is 10.1. The molecular weight excluding hydrogens is 401 g/mol. The summed E-state index contributed by atoms with van der Waals surface area (Å²) >= 11 is 0. The molecule has 0 amide bonds. The van der Waals surface area contributed by atoms with E-state index in [0.717, 1.165) is 25.5 Å². The lowest BCUT2D eigenvalue weighted by Gasteiger charge is -2.11. The van der Waals surface area contributed by atoms with Gasteiger partial charge < -0.3 is 15.4 Å². The van der Waals surface area contributed by atoms with Gasteiger partial charge in [-0.3, -0.25) is 0 Å². The van der Waals surface area contributed by atoms with Gasteiger partial charge in [-0.25, -0.2) is 4.99 Å². The average molecular weight is 433 g/mol. The average Bonchev–Trinajstić information content (AvgIpc) is 2.51. The lowest BCUT2D eigenvalue weighted by molar-refractivity contribution is 0.0657. The highest BCUT2D eigenvalue weighted by atomic mass is 127. The Bertz CT molecular complexity index is 450. The first-order chi connectivity index (χ1) is 10.7. The molecule has 0 unspecified atom stereocenters. The van der Waals surface area contributed by atoms with Gasteiger partial charge in [-0.05, 0) is 38.3 Å². The largest absolute Gasteiger partial charge is 0.374 e. The second kappa shape index (κ2) is 13.6. The molecule has 0 radical (unpaired) electrons. The monoisotopic (exact) mass is 433 g/mol. The van der Waals surface area contributed by atoms with E-state index in [4.69, 9.17) is 4.74 Å². The molecule has 0 aliphatic carbocycles. The molecule has 0 saturated heterocycles. The van der Waals surface area contributed by atoms with Gasteiger partial charge in [0.2, 0.25) is 0 Å². The van der Waals surface area contributed by atoms with E-state index in [9.17, 15) is 0 Å². The zero-order valence-electron chi connectivity index (χ0n) is 14.9. The van der Waals surface area contributed by atoms with Crippen molar-refractivity contribution in [2.75, 3.05) is 13.1 Å². The molecule has 1 aromatic carbocycles. The molecule has 23 heavy (non-hydrogen) atoms. The zero-order chi connectivity index (χ0) is 16.2. The van der Waals surface area contributed by atoms with Crippen LogP contribution in [0.25, 0.3) is 0 Å². The van der Waals surface area contributed by atoms with Crippen LogP contribution in [-0.2, 0) is 17.9 Å². The van der Waals surface area contributed by atoms with Gasteiger partial charge in [-0.2, -0.15) is 0 Å². The number of halogens is 1. The summed E-state index contributed by atoms with van der Waals surface area (Å²) in [4.78, 5) is 4.65. The van der Waals surface area contributed by atoms with Crippen molar-refractivity contribution >= 4 is 29.9 Å². The number of hydrogen-bond donors (Lipinski definition) is 2. The number of unbranched alkanes of at least 4 members (excludes halogenated alkanes) is 1. The predicted molar refractivity (Wildman–Crippen MR) is 110 cm³/mol. The summed E-state index contributed by atoms with van der Waals surface area (Å²) in [5.41, 5.74) is 2.41. The number of rotatable bonds is 9. The summed E-state index contributed by atoms with van der Waals surface area (Å²) < 4.78 is 5.65. The highest BCUT2D eigenvalue weighted by Gasteiger charge is 2.00. The number of nitrogens with one attached hydrogen (secondary N) is 2. The van der Waals surface area contributed by atoms with Gasteiger partial charge in [0.05, 0.1) is 19.3 Å². The highest BCUT2D eigenvalue weighted by molar-refractivity contribution is 14.0. The Hall–Kier alpha value is -0.820. The first-order valence-electron chi connectivity index (χ1n) is 8.37. The smallest absolute Gasteiger partial charge is 0.191 e. The van der Waals surface area contributed by atoms with Crippen LogP contribution in [0, 0.1) is 0 Å². The van der Waals surface area contributed by atoms with E-state index in [1.807, 2.05) is 0 Å². The minimum atomic E-state index is 0. The molecule has 0 bridgehead atoms. The number of nitrogens with zero attached hydrogens (tertiary/aromatic N) is 1. The van der Waals surface area contributed by atoms with Gasteiger partial charge in [-0.1, -0.05) is 37.6 Å². The van der Waals surface area contributed by atoms with Gasteiger partial charge in [0.25, 0.3) is 0 Å². The van der Waals surface area contributed by atoms with Crippen molar-refractivity contribution in [3.8, 4) is 0 Å². The molecule has 1 aromatic rings. The third-order valence-corrected chi connectivity index (χ3v) is 3.16. The fraction of sp³-hybridized carbons (Fsp3) is 0.611. The standard InChI is InChI=1S/C18H31N3O.HI/c1-5-7-11-20-18(19-6-2)21-13-16-9-8-10-17(12-16)14-22-15(3)4;/h8-10,12,15H,5-7,11,13-14H2,1-4H3,(H2,19,20,21);1H. The minimum absolute atomic E-state index is 0. The molecular formula is C18H32IN3O. The van der Waals surface area contributed by atoms with E-state index in [0.29, 0.717) is 13.2 Å². The van der Waals surface area contributed by atoms with Crippen LogP contribution in [0.3, 0.4) is 0 Å². The molecule has 5 heteroatoms. The number of ether oxygens (including phenoxy) is 1. The summed E-state index contributed by atoms with van der Waals surface area (Å²) in [5, 5.41) is 6.64. The van der Waals surface area contributed by atoms with Crippen LogP contribution < -0.4 is 10.6 Å². The van der Waals surface area contributed by atoms with Crippen LogP contribution in [0.2, 0.25) is 0 Å². The first-order valence-corrected chi connectivity index (χ1v) is 8.37. The van der Waals surface area contributed by atoms with Gasteiger partial charge in [0, 0.05) is 13.1 Å². The molecule has 0 fully saturated rings. The normalized spacial score (nSPS) is 11.3. The van der Waals surface area contributed by atoms with Crippen molar-refractivity contribution in [3.05, 3.63) is 35.4 Å². The summed E-state index contributed by atoms with van der Waals surface area (Å²) in [6.07, 6.45) is 2.60. The van der Waals surface area contributed by atoms with Crippen LogP contribution >= 0.6 is 24.0 Å². The second-order valence-corrected chi connectivity index (χ2v) is 5.66. The Morgan fingerprint density at radius 2 is 1.91 bits per heavy atom. The van der Waals surface area contributed by atoms with Gasteiger partial charge in [-0.15, -0.1) is 24.0 Å². The maximum Gasteiger partial charge on any atom is 0.191 e. The predicted octanol–water partition coefficient (Wildman–Crippen LogP) is 4.08. The van der Waals surface area contributed by atoms with Crippen LogP contribution in [0.5, 0.6) is 0 Å². The van der Waals surface area contributed by atoms with Crippen LogP contribution in [-0.4, -0.2) is 25.2 Å². The number of benzene rings is 1. The van der Waals surface area contributed by atoms with Crippen molar-refractivity contribution < 1.29 is 4.74 Å². The molecule has 0 spiro atoms. The fourth-order valence-electron chi connectivity index (χ4n) is 1.98. The second-order valence-electron chi connectivity index (χ2n) is 5.66. The summed E-state index contributed by atoms with van der Waals surface area (Å²) in [7, 11) is 0. The van der Waals surface area contributed by atoms with Crippen LogP contribution in [0.15, 0.2) is 29.3 Å². The maximum atomic E-state index is 5.65. The third kappa shape index (κ3) is 10.5. The molecule has 1 rings (SSSR count). The van der Waals surface area contributed by atoms with Crippen LogP contribution in [0.1, 0.15) is 51.7 Å². The molecule has 132 valence electrons. The Labute approximate surface area is 158 Å². The number of hydrogen-bond acceptors (Lipinski definition) is 2. The molecule has 4 nitrogen and oxygen atoms in total. The summed E-state index contributed by atoms with van der Waals surface area (Å²) in [6, 6.07) is 8.45. The Balaban J connectivity index is 0.00000484. The van der Waals surface area contributed by atoms with Gasteiger partial charge in [0.15, 0.2) is 5.96 Å². The molecule has 0 aliphatic rings. The van der Waals surface area contributed by atoms with Gasteiger partial charge >= 0.3 is 0 Å². The highest BCUT2D eigenvalue weighted by Crippen LogP contribution is 2.09. The fourth-order valence-corrected chi connectivity index (χ4v) is 1.98. The SMILES string of the molecule is CCCCNC(=NCc1cccc(COC(C)C)c1)NCC.I. The van der Waals surface area contributed by atoms with E-state index in [1.54, 1.807) is 0 Å². The van der Waals surface area contributed by atoms with Crippen molar-refractivity contribution in [1.82, 2.24) is 10.6 Å². The van der Waals surface area contributed by atoms with Crippen molar-refractivity contribution in [1.29, 1.82) is 0 Å². The summed E-state index contributed by atoms with van der Waals surface area (Å²) in [6.45, 7) is 11.6. The van der Waals surface area contributed by atoms with Gasteiger partial charge in [0.1, 0.15) is 0 Å². The third-order valence-electron chi connectivity index (χ3n) is 3.16. The Morgan fingerprint density at radius 1 is 1.17 bits per heavy atom. The lowest BCUT2D eigenvalue weighted by Crippen LogP contribution is -2.37. The molecule has 0 saturated carbocycles. The first kappa shape index (κ1) is 22.2. The Morgan fingerprint density at radius 3 is 2.57 bits per heavy atom. The topological polar surface area (TPSA) is 45.7 Å². The molecule has 0 heterocycles. The van der Waals surface area contributed by atoms with E-state index in [2.05, 4.69) is 67.6 Å². The molecule has 2 N–H and O–H groups in total. The van der Waals surface area contributed by atoms with Crippen molar-refractivity contribution in [2.24, 2.45) is 4.99 Å². The quantitative estimate of drug-likeness (QED) is 0.267. The van der Waals surface area contributed by atoms with E-state index < -0.39 is 0 Å². The van der Waals surface area contributed by atoms with E-state index >= 15 is 0 Å². The van der Waals surface area contributed by atoms with Crippen molar-refractivity contribution in [3.63, 3.8) is 0 Å². The minimum Gasteiger partial charge on any atom is -0.374 e. The number of aliphatic imine (C=N–C) groups is 1. The summed E-state index contributed by atoms with van der Waals surface area (Å²) in [5.74, 6) is 0.889.